The summed E-state index contributed by atoms with van der Waals surface area (Å²) in [5.74, 6) is 0. The van der Waals surface area contributed by atoms with Crippen LogP contribution in [0.2, 0.25) is 0 Å². The number of nitrogens with one attached hydrogen (secondary N) is 2. The van der Waals surface area contributed by atoms with Gasteiger partial charge in [0, 0.05) is 24.3 Å². The lowest BCUT2D eigenvalue weighted by Crippen LogP contribution is -2.48. The lowest BCUT2D eigenvalue weighted by Gasteiger charge is -2.06. The summed E-state index contributed by atoms with van der Waals surface area (Å²) in [4.78, 5) is 42.9. The first-order chi connectivity index (χ1) is 17.6. The number of hydrogen-bond donors (Lipinski definition) is 4. The maximum atomic E-state index is 12.7. The molecule has 0 heterocycles. The van der Waals surface area contributed by atoms with Crippen LogP contribution in [-0.2, 0) is 20.2 Å². The number of nitrogens with zero attached hydrogens (tertiary/aromatic N) is 4. The fraction of sp³-hybridized carbons (Fsp3) is 0. The van der Waals surface area contributed by atoms with Crippen LogP contribution in [0, 0.1) is 20.2 Å². The molecule has 0 aromatic heterocycles. The van der Waals surface area contributed by atoms with E-state index in [2.05, 4.69) is 21.1 Å². The first-order valence-corrected chi connectivity index (χ1v) is 12.4. The highest BCUT2D eigenvalue weighted by Gasteiger charge is 2.21. The molecule has 0 radical (unpaired) electrons. The van der Waals surface area contributed by atoms with Crippen molar-refractivity contribution in [1.82, 2.24) is 0 Å². The van der Waals surface area contributed by atoms with Gasteiger partial charge in [0.1, 0.15) is 15.1 Å². The van der Waals surface area contributed by atoms with E-state index in [1.165, 1.54) is 0 Å². The molecule has 18 nitrogen and oxygen atoms in total. The zero-order valence-corrected chi connectivity index (χ0v) is 19.8. The van der Waals surface area contributed by atoms with Gasteiger partial charge in [-0.1, -0.05) is 0 Å². The fourth-order valence-electron chi connectivity index (χ4n) is 2.83. The Morgan fingerprint density at radius 3 is 1.58 bits per heavy atom. The summed E-state index contributed by atoms with van der Waals surface area (Å²) in [5.41, 5.74) is -0.322. The smallest absolute Gasteiger partial charge is 0.287 e. The number of rotatable bonds is 8. The zero-order valence-electron chi connectivity index (χ0n) is 18.2. The van der Waals surface area contributed by atoms with Gasteiger partial charge in [-0.15, -0.1) is 0 Å². The summed E-state index contributed by atoms with van der Waals surface area (Å²) in [6.07, 6.45) is 0. The Bertz CT molecular complexity index is 1930. The molecule has 38 heavy (non-hydrogen) atoms. The summed E-state index contributed by atoms with van der Waals surface area (Å²) in [6, 6.07) is 6.24. The van der Waals surface area contributed by atoms with Crippen molar-refractivity contribution >= 4 is 43.0 Å². The Morgan fingerprint density at radius 2 is 1.16 bits per heavy atom. The molecule has 3 aromatic carbocycles. The van der Waals surface area contributed by atoms with Crippen LogP contribution in [0.3, 0.4) is 0 Å². The van der Waals surface area contributed by atoms with Crippen molar-refractivity contribution in [2.24, 2.45) is 10.2 Å². The van der Waals surface area contributed by atoms with Gasteiger partial charge in [0.2, 0.25) is 10.9 Å². The molecule has 0 saturated heterocycles. The number of non-ortho nitro benzene ring substituents is 2. The lowest BCUT2D eigenvalue weighted by atomic mass is 10.3. The van der Waals surface area contributed by atoms with E-state index in [1.807, 2.05) is 0 Å². The second-order valence-corrected chi connectivity index (χ2v) is 9.81. The molecule has 3 rings (SSSR count). The van der Waals surface area contributed by atoms with Gasteiger partial charge >= 0.3 is 0 Å². The quantitative estimate of drug-likeness (QED) is 0.151. The Labute approximate surface area is 209 Å². The summed E-state index contributed by atoms with van der Waals surface area (Å²) in [6.45, 7) is 0. The Kier molecular flexibility index (Phi) is 7.44. The van der Waals surface area contributed by atoms with Gasteiger partial charge < -0.3 is 0 Å². The standard InChI is InChI=1S/C18H12N6O12S2/c25-14-6-5-13(21-19-11-3-1-9(23(27)28)7-15(11)37(31,32)33)18(26)17(14)22-20-12-4-2-10(24(29)30)8-16(12)38(34,35)36/h1-8,19-20H,(H,31,32,33)(H,34,35,36)/b21-13+,22-17+. The molecule has 20 heteroatoms. The second kappa shape index (κ2) is 10.2. The monoisotopic (exact) mass is 568 g/mol. The number of benzene rings is 3. The Morgan fingerprint density at radius 1 is 0.711 bits per heavy atom. The third-order valence-electron chi connectivity index (χ3n) is 4.57. The van der Waals surface area contributed by atoms with Crippen LogP contribution >= 0.6 is 0 Å². The van der Waals surface area contributed by atoms with Crippen LogP contribution in [0.25, 0.3) is 0 Å². The van der Waals surface area contributed by atoms with Crippen LogP contribution in [-0.4, -0.2) is 35.8 Å². The van der Waals surface area contributed by atoms with Crippen molar-refractivity contribution in [2.75, 3.05) is 10.9 Å². The van der Waals surface area contributed by atoms with Crippen molar-refractivity contribution in [1.29, 1.82) is 0 Å². The SMILES string of the molecule is O=c1cc/c(=N\Nc2ccc([N+](=O)[O-])cc2S(=O)(=O)O)c(=O)/c1=N/Nc1ccc([N+](=O)[O-])cc1S(=O)(=O)O. The van der Waals surface area contributed by atoms with Crippen molar-refractivity contribution in [3.05, 3.63) is 99.9 Å². The van der Waals surface area contributed by atoms with E-state index in [0.717, 1.165) is 36.4 Å². The maximum Gasteiger partial charge on any atom is 0.296 e. The molecule has 0 amide bonds. The fourth-order valence-corrected chi connectivity index (χ4v) is 4.16. The molecule has 0 aliphatic rings. The number of nitro groups is 2. The molecule has 0 aliphatic heterocycles. The van der Waals surface area contributed by atoms with Gasteiger partial charge in [0.25, 0.3) is 31.6 Å². The minimum atomic E-state index is -5.01. The maximum absolute atomic E-state index is 12.7. The van der Waals surface area contributed by atoms with Crippen molar-refractivity contribution < 1.29 is 35.8 Å². The van der Waals surface area contributed by atoms with E-state index in [1.54, 1.807) is 0 Å². The minimum Gasteiger partial charge on any atom is -0.287 e. The second-order valence-electron chi connectivity index (χ2n) is 7.03. The Balaban J connectivity index is 2.09. The van der Waals surface area contributed by atoms with Gasteiger partial charge in [0.15, 0.2) is 5.36 Å². The highest BCUT2D eigenvalue weighted by Crippen LogP contribution is 2.27. The number of hydrogen-bond acceptors (Lipinski definition) is 14. The van der Waals surface area contributed by atoms with Crippen LogP contribution in [0.15, 0.2) is 78.1 Å². The molecule has 0 saturated carbocycles. The average Bonchev–Trinajstić information content (AvgIpc) is 2.82. The number of anilines is 2. The first-order valence-electron chi connectivity index (χ1n) is 9.56. The zero-order chi connectivity index (χ0) is 28.4. The molecule has 0 aliphatic carbocycles. The molecule has 4 N–H and O–H groups in total. The van der Waals surface area contributed by atoms with Gasteiger partial charge in [-0.25, -0.2) is 0 Å². The molecule has 0 atom stereocenters. The average molecular weight is 568 g/mol. The first kappa shape index (κ1) is 27.7. The highest BCUT2D eigenvalue weighted by atomic mass is 32.2. The minimum absolute atomic E-state index is 0.469. The lowest BCUT2D eigenvalue weighted by molar-refractivity contribution is -0.385. The van der Waals surface area contributed by atoms with E-state index < -0.39 is 84.2 Å². The normalized spacial score (nSPS) is 12.8. The molecular formula is C18H12N6O12S2. The van der Waals surface area contributed by atoms with Gasteiger partial charge in [-0.3, -0.25) is 49.8 Å². The molecule has 3 aromatic rings. The summed E-state index contributed by atoms with van der Waals surface area (Å²) < 4.78 is 65.2. The third-order valence-corrected chi connectivity index (χ3v) is 6.35. The van der Waals surface area contributed by atoms with Crippen molar-refractivity contribution in [3.63, 3.8) is 0 Å². The topological polar surface area (TPSA) is 278 Å². The van der Waals surface area contributed by atoms with Crippen LogP contribution in [0.5, 0.6) is 0 Å². The highest BCUT2D eigenvalue weighted by molar-refractivity contribution is 7.86. The summed E-state index contributed by atoms with van der Waals surface area (Å²) >= 11 is 0. The summed E-state index contributed by atoms with van der Waals surface area (Å²) in [5, 5.41) is 27.5. The van der Waals surface area contributed by atoms with E-state index in [-0.39, 0.29) is 0 Å². The molecular weight excluding hydrogens is 556 g/mol. The van der Waals surface area contributed by atoms with Crippen molar-refractivity contribution in [2.45, 2.75) is 9.79 Å². The van der Waals surface area contributed by atoms with Gasteiger partial charge in [0.05, 0.1) is 21.2 Å². The van der Waals surface area contributed by atoms with E-state index >= 15 is 0 Å². The number of nitro benzene ring substituents is 2. The molecule has 0 bridgehead atoms. The van der Waals surface area contributed by atoms with E-state index in [4.69, 9.17) is 0 Å². The van der Waals surface area contributed by atoms with Gasteiger partial charge in [-0.2, -0.15) is 27.0 Å². The van der Waals surface area contributed by atoms with E-state index in [9.17, 15) is 55.8 Å². The third kappa shape index (κ3) is 6.07. The molecule has 0 unspecified atom stereocenters. The largest absolute Gasteiger partial charge is 0.296 e. The Hall–Kier alpha value is -4.92. The molecule has 0 spiro atoms. The van der Waals surface area contributed by atoms with Crippen molar-refractivity contribution in [3.8, 4) is 0 Å². The summed E-state index contributed by atoms with van der Waals surface area (Å²) in [7, 11) is -9.99. The van der Waals surface area contributed by atoms with Crippen LogP contribution in [0.1, 0.15) is 0 Å². The predicted molar refractivity (Wildman–Crippen MR) is 126 cm³/mol. The van der Waals surface area contributed by atoms with E-state index in [0.29, 0.717) is 12.1 Å². The van der Waals surface area contributed by atoms with Crippen LogP contribution < -0.4 is 32.4 Å². The molecule has 198 valence electrons. The van der Waals surface area contributed by atoms with Crippen LogP contribution in [0.4, 0.5) is 22.7 Å². The van der Waals surface area contributed by atoms with Gasteiger partial charge in [-0.05, 0) is 24.3 Å². The predicted octanol–water partition coefficient (Wildman–Crippen LogP) is -0.552. The molecule has 0 fully saturated rings.